The van der Waals surface area contributed by atoms with Crippen molar-refractivity contribution in [1.29, 1.82) is 0 Å². The molecule has 0 saturated heterocycles. The lowest BCUT2D eigenvalue weighted by atomic mass is 10.1. The Hall–Kier alpha value is -0.660. The molecule has 1 aliphatic rings. The Morgan fingerprint density at radius 1 is 1.50 bits per heavy atom. The molecule has 1 aliphatic carbocycles. The van der Waals surface area contributed by atoms with Gasteiger partial charge in [-0.15, -0.1) is 0 Å². The van der Waals surface area contributed by atoms with Gasteiger partial charge in [-0.1, -0.05) is 0 Å². The molecule has 0 aromatic carbocycles. The minimum Gasteiger partial charge on any atom is -0.511 e. The maximum Gasteiger partial charge on any atom is 0.111 e. The summed E-state index contributed by atoms with van der Waals surface area (Å²) >= 11 is 0. The number of hydrogen-bond acceptors (Lipinski definition) is 2. The second-order valence-corrected chi connectivity index (χ2v) is 1.47. The lowest BCUT2D eigenvalue weighted by molar-refractivity contribution is 0.349. The predicted molar refractivity (Wildman–Crippen MR) is 23.1 cm³/mol. The normalized spacial score (nSPS) is 20.7. The van der Waals surface area contributed by atoms with Crippen LogP contribution in [0.1, 0.15) is 12.8 Å². The van der Waals surface area contributed by atoms with Crippen molar-refractivity contribution in [2.45, 2.75) is 12.8 Å². The zero-order valence-corrected chi connectivity index (χ0v) is 3.44. The summed E-state index contributed by atoms with van der Waals surface area (Å²) in [5, 5.41) is 8.47. The smallest absolute Gasteiger partial charge is 0.111 e. The molecule has 0 unspecified atom stereocenters. The van der Waals surface area contributed by atoms with Gasteiger partial charge in [-0.2, -0.15) is 0 Å². The van der Waals surface area contributed by atoms with Crippen molar-refractivity contribution < 1.29 is 5.11 Å². The van der Waals surface area contributed by atoms with Gasteiger partial charge in [0, 0.05) is 12.1 Å². The van der Waals surface area contributed by atoms with E-state index in [0.29, 0.717) is 11.5 Å². The molecule has 0 spiro atoms. The van der Waals surface area contributed by atoms with Gasteiger partial charge >= 0.3 is 0 Å². The van der Waals surface area contributed by atoms with E-state index in [1.54, 1.807) is 0 Å². The van der Waals surface area contributed by atoms with E-state index in [1.807, 2.05) is 0 Å². The first-order valence-corrected chi connectivity index (χ1v) is 1.97. The quantitative estimate of drug-likeness (QED) is 0.450. The third-order valence-electron chi connectivity index (χ3n) is 1.00. The fourth-order valence-electron chi connectivity index (χ4n) is 0.381. The van der Waals surface area contributed by atoms with Crippen molar-refractivity contribution in [3.63, 3.8) is 0 Å². The molecule has 0 saturated carbocycles. The molecule has 3 N–H and O–H groups in total. The third kappa shape index (κ3) is 0.263. The van der Waals surface area contributed by atoms with Gasteiger partial charge in [-0.25, -0.2) is 0 Å². The van der Waals surface area contributed by atoms with Crippen LogP contribution < -0.4 is 5.73 Å². The van der Waals surface area contributed by atoms with E-state index >= 15 is 0 Å². The van der Waals surface area contributed by atoms with Gasteiger partial charge in [0.2, 0.25) is 0 Å². The minimum absolute atomic E-state index is 0.384. The molecule has 2 heteroatoms. The van der Waals surface area contributed by atoms with E-state index in [9.17, 15) is 0 Å². The van der Waals surface area contributed by atoms with Gasteiger partial charge in [0.25, 0.3) is 0 Å². The van der Waals surface area contributed by atoms with E-state index in [2.05, 4.69) is 0 Å². The number of aliphatic hydroxyl groups is 1. The van der Waals surface area contributed by atoms with Gasteiger partial charge in [-0.3, -0.25) is 0 Å². The maximum absolute atomic E-state index is 8.47. The van der Waals surface area contributed by atoms with Crippen LogP contribution in [-0.4, -0.2) is 5.11 Å². The van der Waals surface area contributed by atoms with Crippen molar-refractivity contribution in [3.8, 4) is 0 Å². The molecule has 2 nitrogen and oxygen atoms in total. The molecule has 0 amide bonds. The Morgan fingerprint density at radius 3 is 2.00 bits per heavy atom. The number of allylic oxidation sites excluding steroid dienone is 2. The van der Waals surface area contributed by atoms with Crippen molar-refractivity contribution in [2.75, 3.05) is 0 Å². The zero-order valence-electron chi connectivity index (χ0n) is 3.44. The van der Waals surface area contributed by atoms with Crippen LogP contribution in [0.25, 0.3) is 0 Å². The highest BCUT2D eigenvalue weighted by molar-refractivity contribution is 5.13. The van der Waals surface area contributed by atoms with Crippen LogP contribution in [0.4, 0.5) is 0 Å². The van der Waals surface area contributed by atoms with E-state index in [0.717, 1.165) is 12.8 Å². The van der Waals surface area contributed by atoms with E-state index in [-0.39, 0.29) is 0 Å². The summed E-state index contributed by atoms with van der Waals surface area (Å²) in [5.41, 5.74) is 5.81. The zero-order chi connectivity index (χ0) is 4.57. The van der Waals surface area contributed by atoms with E-state index < -0.39 is 0 Å². The first kappa shape index (κ1) is 3.53. The average Bonchev–Trinajstić information content (AvgIpc) is 1.61. The summed E-state index contributed by atoms with van der Waals surface area (Å²) in [7, 11) is 0. The molecule has 0 heterocycles. The standard InChI is InChI=1S/C4H7NO/c5-3-1-2-4(3)6/h6H,1-2,5H2. The van der Waals surface area contributed by atoms with Crippen LogP contribution in [0, 0.1) is 0 Å². The lowest BCUT2D eigenvalue weighted by Crippen LogP contribution is -2.10. The second kappa shape index (κ2) is 0.899. The van der Waals surface area contributed by atoms with Crippen LogP contribution >= 0.6 is 0 Å². The summed E-state index contributed by atoms with van der Waals surface area (Å²) in [6.07, 6.45) is 1.66. The second-order valence-electron chi connectivity index (χ2n) is 1.47. The Kier molecular flexibility index (Phi) is 0.528. The first-order chi connectivity index (χ1) is 2.80. The summed E-state index contributed by atoms with van der Waals surface area (Å²) < 4.78 is 0. The Labute approximate surface area is 36.3 Å². The molecule has 0 bridgehead atoms. The minimum atomic E-state index is 0.384. The summed E-state index contributed by atoms with van der Waals surface area (Å²) in [6.45, 7) is 0. The SMILES string of the molecule is NC1=C(O)CC1. The fraction of sp³-hybridized carbons (Fsp3) is 0.500. The first-order valence-electron chi connectivity index (χ1n) is 1.97. The molecular formula is C4H7NO. The molecule has 0 radical (unpaired) electrons. The van der Waals surface area contributed by atoms with Gasteiger partial charge < -0.3 is 10.8 Å². The number of hydrogen-bond donors (Lipinski definition) is 2. The van der Waals surface area contributed by atoms with Crippen LogP contribution in [-0.2, 0) is 0 Å². The van der Waals surface area contributed by atoms with Gasteiger partial charge in [0.05, 0.1) is 0 Å². The van der Waals surface area contributed by atoms with Gasteiger partial charge in [0.1, 0.15) is 5.76 Å². The third-order valence-corrected chi connectivity index (χ3v) is 1.00. The fourth-order valence-corrected chi connectivity index (χ4v) is 0.381. The summed E-state index contributed by atoms with van der Waals surface area (Å²) in [5.74, 6) is 0.384. The van der Waals surface area contributed by atoms with Crippen LogP contribution in [0.3, 0.4) is 0 Å². The topological polar surface area (TPSA) is 46.2 Å². The number of nitrogens with two attached hydrogens (primary N) is 1. The predicted octanol–water partition coefficient (Wildman–Crippen LogP) is 0.509. The van der Waals surface area contributed by atoms with E-state index in [4.69, 9.17) is 10.8 Å². The summed E-state index contributed by atoms with van der Waals surface area (Å²) in [4.78, 5) is 0. The molecule has 0 fully saturated rings. The highest BCUT2D eigenvalue weighted by Gasteiger charge is 2.10. The molecule has 0 aliphatic heterocycles. The van der Waals surface area contributed by atoms with Crippen LogP contribution in [0.2, 0.25) is 0 Å². The molecule has 0 aromatic heterocycles. The Morgan fingerprint density at radius 2 is 2.00 bits per heavy atom. The number of rotatable bonds is 0. The van der Waals surface area contributed by atoms with Crippen LogP contribution in [0.15, 0.2) is 11.5 Å². The van der Waals surface area contributed by atoms with Crippen molar-refractivity contribution in [3.05, 3.63) is 11.5 Å². The number of aliphatic hydroxyl groups excluding tert-OH is 1. The molecule has 1 rings (SSSR count). The van der Waals surface area contributed by atoms with E-state index in [1.165, 1.54) is 0 Å². The van der Waals surface area contributed by atoms with Crippen molar-refractivity contribution >= 4 is 0 Å². The average molecular weight is 85.1 g/mol. The molecule has 6 heavy (non-hydrogen) atoms. The van der Waals surface area contributed by atoms with Crippen molar-refractivity contribution in [2.24, 2.45) is 5.73 Å². The monoisotopic (exact) mass is 85.1 g/mol. The molecular weight excluding hydrogens is 78.0 g/mol. The highest BCUT2D eigenvalue weighted by atomic mass is 16.3. The lowest BCUT2D eigenvalue weighted by Gasteiger charge is -2.12. The largest absolute Gasteiger partial charge is 0.511 e. The van der Waals surface area contributed by atoms with Crippen LogP contribution in [0.5, 0.6) is 0 Å². The summed E-state index contributed by atoms with van der Waals surface area (Å²) in [6, 6.07) is 0. The Bertz CT molecular complexity index is 83.7. The molecule has 0 atom stereocenters. The van der Waals surface area contributed by atoms with Gasteiger partial charge in [-0.05, 0) is 6.42 Å². The highest BCUT2D eigenvalue weighted by Crippen LogP contribution is 2.19. The maximum atomic E-state index is 8.47. The molecule has 34 valence electrons. The van der Waals surface area contributed by atoms with Gasteiger partial charge in [0.15, 0.2) is 0 Å². The molecule has 0 aromatic rings. The van der Waals surface area contributed by atoms with Crippen molar-refractivity contribution in [1.82, 2.24) is 0 Å². The Balaban J connectivity index is 2.66.